The Kier molecular flexibility index (Phi) is 7.40. The number of fused-ring (bicyclic) bond motifs is 1. The second-order valence-corrected chi connectivity index (χ2v) is 7.32. The van der Waals surface area contributed by atoms with Crippen molar-refractivity contribution in [3.8, 4) is 17.6 Å². The van der Waals surface area contributed by atoms with Gasteiger partial charge in [0.05, 0.1) is 31.0 Å². The first kappa shape index (κ1) is 22.0. The zero-order valence-corrected chi connectivity index (χ0v) is 16.7. The van der Waals surface area contributed by atoms with E-state index in [0.717, 1.165) is 0 Å². The predicted octanol–water partition coefficient (Wildman–Crippen LogP) is 1.42. The molecule has 0 atom stereocenters. The number of ether oxygens (including phenoxy) is 2. The summed E-state index contributed by atoms with van der Waals surface area (Å²) in [6.45, 7) is 0.522. The van der Waals surface area contributed by atoms with Gasteiger partial charge in [-0.2, -0.15) is 18.4 Å². The normalized spacial score (nSPS) is 10.9. The molecule has 0 saturated heterocycles. The summed E-state index contributed by atoms with van der Waals surface area (Å²) in [4.78, 5) is 14.6. The second kappa shape index (κ2) is 9.76. The standard InChI is InChI=1S/C17H21N5O6S/c1-27-14-7-12-13(8-15(14)28-2)20-10-11(9-18)16(12)19-5-3-4-6-21-29(25,26)22-17(23)24/h7-8,10,21-22H,3-6H2,1-2H3,(H,19,20)(H,23,24). The lowest BCUT2D eigenvalue weighted by Gasteiger charge is -2.14. The summed E-state index contributed by atoms with van der Waals surface area (Å²) in [7, 11) is -1.04. The van der Waals surface area contributed by atoms with Crippen LogP contribution in [-0.2, 0) is 10.2 Å². The number of benzene rings is 1. The van der Waals surface area contributed by atoms with Crippen molar-refractivity contribution >= 4 is 32.9 Å². The predicted molar refractivity (Wildman–Crippen MR) is 105 cm³/mol. The Bertz CT molecular complexity index is 1030. The van der Waals surface area contributed by atoms with E-state index in [-0.39, 0.29) is 6.54 Å². The number of hydrogen-bond donors (Lipinski definition) is 4. The molecule has 156 valence electrons. The molecule has 0 bridgehead atoms. The fourth-order valence-corrected chi connectivity index (χ4v) is 3.33. The van der Waals surface area contributed by atoms with Gasteiger partial charge in [-0.3, -0.25) is 4.98 Å². The highest BCUT2D eigenvalue weighted by Gasteiger charge is 2.14. The van der Waals surface area contributed by atoms with Crippen molar-refractivity contribution in [2.24, 2.45) is 0 Å². The van der Waals surface area contributed by atoms with Gasteiger partial charge in [-0.1, -0.05) is 0 Å². The lowest BCUT2D eigenvalue weighted by atomic mass is 10.1. The highest BCUT2D eigenvalue weighted by molar-refractivity contribution is 7.88. The van der Waals surface area contributed by atoms with Crippen molar-refractivity contribution in [3.05, 3.63) is 23.9 Å². The van der Waals surface area contributed by atoms with Gasteiger partial charge in [0.2, 0.25) is 0 Å². The number of rotatable bonds is 10. The van der Waals surface area contributed by atoms with Gasteiger partial charge in [-0.15, -0.1) is 0 Å². The fraction of sp³-hybridized carbons (Fsp3) is 0.353. The van der Waals surface area contributed by atoms with Crippen LogP contribution in [0.4, 0.5) is 10.5 Å². The minimum absolute atomic E-state index is 0.0670. The van der Waals surface area contributed by atoms with E-state index >= 15 is 0 Å². The smallest absolute Gasteiger partial charge is 0.419 e. The van der Waals surface area contributed by atoms with E-state index in [1.54, 1.807) is 12.1 Å². The number of carbonyl (C=O) groups is 1. The monoisotopic (exact) mass is 423 g/mol. The van der Waals surface area contributed by atoms with E-state index in [1.807, 2.05) is 0 Å². The molecule has 0 aliphatic rings. The maximum absolute atomic E-state index is 11.4. The molecule has 0 radical (unpaired) electrons. The van der Waals surface area contributed by atoms with Crippen LogP contribution in [0.25, 0.3) is 10.9 Å². The first-order valence-electron chi connectivity index (χ1n) is 8.50. The molecule has 1 heterocycles. The van der Waals surface area contributed by atoms with Crippen molar-refractivity contribution in [1.29, 1.82) is 5.26 Å². The van der Waals surface area contributed by atoms with Crippen molar-refractivity contribution < 1.29 is 27.8 Å². The third-order valence-corrected chi connectivity index (χ3v) is 4.94. The minimum Gasteiger partial charge on any atom is -0.493 e. The van der Waals surface area contributed by atoms with Crippen LogP contribution in [0.15, 0.2) is 18.3 Å². The molecule has 1 aromatic heterocycles. The van der Waals surface area contributed by atoms with Gasteiger partial charge in [0.25, 0.3) is 0 Å². The number of unbranched alkanes of at least 4 members (excludes halogenated alkanes) is 1. The Labute approximate surface area is 167 Å². The number of amides is 1. The fourth-order valence-electron chi connectivity index (χ4n) is 2.62. The van der Waals surface area contributed by atoms with Gasteiger partial charge < -0.3 is 19.9 Å². The van der Waals surface area contributed by atoms with E-state index in [2.05, 4.69) is 21.1 Å². The largest absolute Gasteiger partial charge is 0.493 e. The summed E-state index contributed by atoms with van der Waals surface area (Å²) < 4.78 is 36.8. The molecule has 0 spiro atoms. The summed E-state index contributed by atoms with van der Waals surface area (Å²) in [5.41, 5.74) is 1.57. The van der Waals surface area contributed by atoms with Crippen LogP contribution in [0.3, 0.4) is 0 Å². The molecule has 0 fully saturated rings. The van der Waals surface area contributed by atoms with Crippen LogP contribution >= 0.6 is 0 Å². The van der Waals surface area contributed by atoms with Crippen LogP contribution < -0.4 is 24.2 Å². The number of aromatic nitrogens is 1. The lowest BCUT2D eigenvalue weighted by Crippen LogP contribution is -2.39. The number of nitriles is 1. The maximum Gasteiger partial charge on any atom is 0.419 e. The van der Waals surface area contributed by atoms with Crippen molar-refractivity contribution in [3.63, 3.8) is 0 Å². The van der Waals surface area contributed by atoms with Crippen LogP contribution in [0.5, 0.6) is 11.5 Å². The quantitative estimate of drug-likeness (QED) is 0.414. The average Bonchev–Trinajstić information content (AvgIpc) is 2.68. The summed E-state index contributed by atoms with van der Waals surface area (Å²) >= 11 is 0. The molecule has 1 amide bonds. The van der Waals surface area contributed by atoms with E-state index < -0.39 is 16.3 Å². The Morgan fingerprint density at radius 2 is 1.86 bits per heavy atom. The highest BCUT2D eigenvalue weighted by atomic mass is 32.2. The molecule has 0 unspecified atom stereocenters. The number of nitrogens with zero attached hydrogens (tertiary/aromatic N) is 2. The number of pyridine rings is 1. The number of carboxylic acid groups (broad SMARTS) is 1. The molecule has 1 aromatic carbocycles. The molecule has 0 saturated carbocycles. The van der Waals surface area contributed by atoms with E-state index in [0.29, 0.717) is 53.0 Å². The summed E-state index contributed by atoms with van der Waals surface area (Å²) in [5, 5.41) is 21.7. The molecule has 0 aliphatic carbocycles. The van der Waals surface area contributed by atoms with Gasteiger partial charge in [0.15, 0.2) is 11.5 Å². The molecule has 2 rings (SSSR count). The van der Waals surface area contributed by atoms with E-state index in [1.165, 1.54) is 25.1 Å². The van der Waals surface area contributed by atoms with Crippen molar-refractivity contribution in [2.75, 3.05) is 32.6 Å². The van der Waals surface area contributed by atoms with Crippen molar-refractivity contribution in [1.82, 2.24) is 14.4 Å². The zero-order chi connectivity index (χ0) is 21.4. The molecule has 11 nitrogen and oxygen atoms in total. The highest BCUT2D eigenvalue weighted by Crippen LogP contribution is 2.35. The Balaban J connectivity index is 2.05. The van der Waals surface area contributed by atoms with Gasteiger partial charge >= 0.3 is 16.3 Å². The Morgan fingerprint density at radius 1 is 1.21 bits per heavy atom. The average molecular weight is 423 g/mol. The van der Waals surface area contributed by atoms with Gasteiger partial charge in [0, 0.05) is 30.7 Å². The van der Waals surface area contributed by atoms with E-state index in [9.17, 15) is 18.5 Å². The summed E-state index contributed by atoms with van der Waals surface area (Å²) in [6.07, 6.45) is 0.829. The summed E-state index contributed by atoms with van der Waals surface area (Å²) in [6, 6.07) is 5.54. The van der Waals surface area contributed by atoms with Crippen LogP contribution in [0, 0.1) is 11.3 Å². The topological polar surface area (TPSA) is 163 Å². The SMILES string of the molecule is COc1cc2ncc(C#N)c(NCCCCNS(=O)(=O)NC(=O)O)c2cc1OC. The van der Waals surface area contributed by atoms with Gasteiger partial charge in [0.1, 0.15) is 6.07 Å². The zero-order valence-electron chi connectivity index (χ0n) is 15.9. The van der Waals surface area contributed by atoms with Crippen molar-refractivity contribution in [2.45, 2.75) is 12.8 Å². The lowest BCUT2D eigenvalue weighted by molar-refractivity contribution is 0.201. The molecular formula is C17H21N5O6S. The van der Waals surface area contributed by atoms with Crippen LogP contribution in [-0.4, -0.2) is 51.9 Å². The van der Waals surface area contributed by atoms with Gasteiger partial charge in [-0.05, 0) is 18.9 Å². The minimum atomic E-state index is -4.07. The third kappa shape index (κ3) is 5.84. The van der Waals surface area contributed by atoms with Crippen LogP contribution in [0.1, 0.15) is 18.4 Å². The number of hydrogen-bond acceptors (Lipinski definition) is 8. The molecular weight excluding hydrogens is 402 g/mol. The molecule has 29 heavy (non-hydrogen) atoms. The number of nitrogens with one attached hydrogen (secondary N) is 3. The maximum atomic E-state index is 11.4. The first-order valence-corrected chi connectivity index (χ1v) is 9.98. The first-order chi connectivity index (χ1) is 13.8. The summed E-state index contributed by atoms with van der Waals surface area (Å²) in [5.74, 6) is 1.02. The molecule has 0 aliphatic heterocycles. The Morgan fingerprint density at radius 3 is 2.48 bits per heavy atom. The molecule has 2 aromatic rings. The number of methoxy groups -OCH3 is 2. The second-order valence-electron chi connectivity index (χ2n) is 5.82. The molecule has 4 N–H and O–H groups in total. The van der Waals surface area contributed by atoms with Gasteiger partial charge in [-0.25, -0.2) is 9.52 Å². The Hall–Kier alpha value is -3.30. The third-order valence-electron chi connectivity index (χ3n) is 3.91. The van der Waals surface area contributed by atoms with E-state index in [4.69, 9.17) is 14.6 Å². The molecule has 12 heteroatoms. The van der Waals surface area contributed by atoms with Crippen LogP contribution in [0.2, 0.25) is 0 Å². The number of anilines is 1.